The SMILES string of the molecule is Cc1cccc(CCN2CCC(C)(N)CC2)c1C. The summed E-state index contributed by atoms with van der Waals surface area (Å²) in [6.07, 6.45) is 3.41. The minimum atomic E-state index is 0.0652. The van der Waals surface area contributed by atoms with Gasteiger partial charge in [-0.1, -0.05) is 18.2 Å². The lowest BCUT2D eigenvalue weighted by molar-refractivity contribution is 0.173. The monoisotopic (exact) mass is 246 g/mol. The van der Waals surface area contributed by atoms with Crippen molar-refractivity contribution in [2.75, 3.05) is 19.6 Å². The molecule has 0 aromatic heterocycles. The number of nitrogens with zero attached hydrogens (tertiary/aromatic N) is 1. The van der Waals surface area contributed by atoms with Gasteiger partial charge in [0.1, 0.15) is 0 Å². The number of benzene rings is 1. The molecule has 1 aromatic carbocycles. The summed E-state index contributed by atoms with van der Waals surface area (Å²) in [5.41, 5.74) is 10.6. The van der Waals surface area contributed by atoms with Gasteiger partial charge in [0.05, 0.1) is 0 Å². The van der Waals surface area contributed by atoms with Crippen molar-refractivity contribution in [1.82, 2.24) is 4.90 Å². The molecule has 0 unspecified atom stereocenters. The van der Waals surface area contributed by atoms with Gasteiger partial charge in [-0.15, -0.1) is 0 Å². The number of aryl methyl sites for hydroxylation is 1. The van der Waals surface area contributed by atoms with E-state index in [1.165, 1.54) is 23.2 Å². The fourth-order valence-corrected chi connectivity index (χ4v) is 2.65. The Morgan fingerprint density at radius 2 is 1.89 bits per heavy atom. The van der Waals surface area contributed by atoms with Gasteiger partial charge in [-0.3, -0.25) is 0 Å². The highest BCUT2D eigenvalue weighted by molar-refractivity contribution is 5.33. The molecule has 1 fully saturated rings. The van der Waals surface area contributed by atoms with Crippen LogP contribution in [0.5, 0.6) is 0 Å². The van der Waals surface area contributed by atoms with Crippen LogP contribution in [0.2, 0.25) is 0 Å². The van der Waals surface area contributed by atoms with Gasteiger partial charge in [0, 0.05) is 12.1 Å². The number of hydrogen-bond acceptors (Lipinski definition) is 2. The van der Waals surface area contributed by atoms with Crippen molar-refractivity contribution in [3.8, 4) is 0 Å². The molecule has 0 saturated carbocycles. The van der Waals surface area contributed by atoms with E-state index in [1.54, 1.807) is 0 Å². The normalized spacial score (nSPS) is 20.0. The van der Waals surface area contributed by atoms with Crippen molar-refractivity contribution in [1.29, 1.82) is 0 Å². The molecule has 1 aliphatic rings. The van der Waals surface area contributed by atoms with Crippen molar-refractivity contribution >= 4 is 0 Å². The van der Waals surface area contributed by atoms with E-state index >= 15 is 0 Å². The van der Waals surface area contributed by atoms with E-state index in [-0.39, 0.29) is 5.54 Å². The zero-order valence-corrected chi connectivity index (χ0v) is 12.0. The molecule has 0 amide bonds. The van der Waals surface area contributed by atoms with E-state index in [0.29, 0.717) is 0 Å². The molecule has 1 saturated heterocycles. The molecular weight excluding hydrogens is 220 g/mol. The van der Waals surface area contributed by atoms with Crippen LogP contribution in [-0.2, 0) is 6.42 Å². The smallest absolute Gasteiger partial charge is 0.0150 e. The lowest BCUT2D eigenvalue weighted by Crippen LogP contribution is -2.48. The maximum atomic E-state index is 6.16. The third-order valence-electron chi connectivity index (χ3n) is 4.41. The number of hydrogen-bond donors (Lipinski definition) is 1. The summed E-state index contributed by atoms with van der Waals surface area (Å²) in [4.78, 5) is 2.55. The van der Waals surface area contributed by atoms with E-state index in [1.807, 2.05) is 0 Å². The third-order valence-corrected chi connectivity index (χ3v) is 4.41. The van der Waals surface area contributed by atoms with Gasteiger partial charge in [-0.05, 0) is 69.8 Å². The molecule has 0 atom stereocenters. The molecular formula is C16H26N2. The summed E-state index contributed by atoms with van der Waals surface area (Å²) >= 11 is 0. The van der Waals surface area contributed by atoms with Crippen LogP contribution in [0.25, 0.3) is 0 Å². The lowest BCUT2D eigenvalue weighted by atomic mass is 9.91. The van der Waals surface area contributed by atoms with Crippen LogP contribution in [0.15, 0.2) is 18.2 Å². The first-order valence-corrected chi connectivity index (χ1v) is 7.04. The second-order valence-electron chi connectivity index (χ2n) is 6.10. The summed E-state index contributed by atoms with van der Waals surface area (Å²) < 4.78 is 0. The maximum Gasteiger partial charge on any atom is 0.0150 e. The van der Waals surface area contributed by atoms with E-state index in [9.17, 15) is 0 Å². The highest BCUT2D eigenvalue weighted by Crippen LogP contribution is 2.19. The molecule has 0 aliphatic carbocycles. The van der Waals surface area contributed by atoms with Gasteiger partial charge >= 0.3 is 0 Å². The van der Waals surface area contributed by atoms with Gasteiger partial charge < -0.3 is 10.6 Å². The van der Waals surface area contributed by atoms with Crippen LogP contribution < -0.4 is 5.73 Å². The fraction of sp³-hybridized carbons (Fsp3) is 0.625. The molecule has 2 nitrogen and oxygen atoms in total. The summed E-state index contributed by atoms with van der Waals surface area (Å²) in [5, 5.41) is 0. The quantitative estimate of drug-likeness (QED) is 0.888. The van der Waals surface area contributed by atoms with Crippen LogP contribution in [0.4, 0.5) is 0 Å². The van der Waals surface area contributed by atoms with E-state index in [2.05, 4.69) is 43.9 Å². The molecule has 1 aliphatic heterocycles. The zero-order valence-electron chi connectivity index (χ0n) is 12.0. The standard InChI is InChI=1S/C16H26N2/c1-13-5-4-6-15(14(13)2)7-10-18-11-8-16(3,17)9-12-18/h4-6H,7-12,17H2,1-3H3. The molecule has 0 radical (unpaired) electrons. The summed E-state index contributed by atoms with van der Waals surface area (Å²) in [7, 11) is 0. The molecule has 0 bridgehead atoms. The summed E-state index contributed by atoms with van der Waals surface area (Å²) in [5.74, 6) is 0. The van der Waals surface area contributed by atoms with E-state index < -0.39 is 0 Å². The predicted molar refractivity (Wildman–Crippen MR) is 77.9 cm³/mol. The highest BCUT2D eigenvalue weighted by Gasteiger charge is 2.25. The Hall–Kier alpha value is -0.860. The number of nitrogens with two attached hydrogens (primary N) is 1. The molecule has 0 spiro atoms. The highest BCUT2D eigenvalue weighted by atomic mass is 15.1. The molecule has 1 heterocycles. The van der Waals surface area contributed by atoms with E-state index in [4.69, 9.17) is 5.73 Å². The van der Waals surface area contributed by atoms with Crippen molar-refractivity contribution in [2.45, 2.75) is 45.6 Å². The van der Waals surface area contributed by atoms with Gasteiger partial charge in [-0.25, -0.2) is 0 Å². The Kier molecular flexibility index (Phi) is 4.08. The van der Waals surface area contributed by atoms with Crippen LogP contribution in [0, 0.1) is 13.8 Å². The van der Waals surface area contributed by atoms with E-state index in [0.717, 1.165) is 32.4 Å². The topological polar surface area (TPSA) is 29.3 Å². The van der Waals surface area contributed by atoms with Crippen molar-refractivity contribution in [3.05, 3.63) is 34.9 Å². The first-order valence-electron chi connectivity index (χ1n) is 7.04. The van der Waals surface area contributed by atoms with Gasteiger partial charge in [0.25, 0.3) is 0 Å². The molecule has 100 valence electrons. The summed E-state index contributed by atoms with van der Waals surface area (Å²) in [6, 6.07) is 6.63. The Morgan fingerprint density at radius 1 is 1.22 bits per heavy atom. The molecule has 2 N–H and O–H groups in total. The Labute approximate surface area is 111 Å². The first kappa shape index (κ1) is 13.6. The number of piperidine rings is 1. The van der Waals surface area contributed by atoms with Gasteiger partial charge in [0.15, 0.2) is 0 Å². The average molecular weight is 246 g/mol. The largest absolute Gasteiger partial charge is 0.325 e. The minimum Gasteiger partial charge on any atom is -0.325 e. The van der Waals surface area contributed by atoms with Crippen LogP contribution >= 0.6 is 0 Å². The van der Waals surface area contributed by atoms with Crippen LogP contribution in [0.1, 0.15) is 36.5 Å². The summed E-state index contributed by atoms with van der Waals surface area (Å²) in [6.45, 7) is 10.1. The Bertz CT molecular complexity index is 400. The maximum absolute atomic E-state index is 6.16. The van der Waals surface area contributed by atoms with Gasteiger partial charge in [0.2, 0.25) is 0 Å². The van der Waals surface area contributed by atoms with Crippen molar-refractivity contribution in [3.63, 3.8) is 0 Å². The average Bonchev–Trinajstić information content (AvgIpc) is 2.33. The first-order chi connectivity index (χ1) is 8.48. The molecule has 2 heteroatoms. The van der Waals surface area contributed by atoms with Crippen molar-refractivity contribution in [2.24, 2.45) is 5.73 Å². The predicted octanol–water partition coefficient (Wildman–Crippen LogP) is 2.66. The van der Waals surface area contributed by atoms with Gasteiger partial charge in [-0.2, -0.15) is 0 Å². The lowest BCUT2D eigenvalue weighted by Gasteiger charge is -2.36. The van der Waals surface area contributed by atoms with Crippen LogP contribution in [0.3, 0.4) is 0 Å². The van der Waals surface area contributed by atoms with Crippen molar-refractivity contribution < 1.29 is 0 Å². The molecule has 18 heavy (non-hydrogen) atoms. The third kappa shape index (κ3) is 3.33. The Balaban J connectivity index is 1.87. The minimum absolute atomic E-state index is 0.0652. The molecule has 1 aromatic rings. The van der Waals surface area contributed by atoms with Crippen LogP contribution in [-0.4, -0.2) is 30.1 Å². The number of rotatable bonds is 3. The fourth-order valence-electron chi connectivity index (χ4n) is 2.65. The second-order valence-corrected chi connectivity index (χ2v) is 6.10. The Morgan fingerprint density at radius 3 is 2.56 bits per heavy atom. The number of likely N-dealkylation sites (tertiary alicyclic amines) is 1. The second kappa shape index (κ2) is 5.41. The zero-order chi connectivity index (χ0) is 13.2. The molecule has 2 rings (SSSR count).